The summed E-state index contributed by atoms with van der Waals surface area (Å²) >= 11 is 0. The van der Waals surface area contributed by atoms with Crippen LogP contribution in [0.1, 0.15) is 18.9 Å². The molecule has 180 valence electrons. The van der Waals surface area contributed by atoms with E-state index in [4.69, 9.17) is 5.73 Å². The quantitative estimate of drug-likeness (QED) is 0.540. The zero-order chi connectivity index (χ0) is 24.0. The van der Waals surface area contributed by atoms with Gasteiger partial charge in [0.25, 0.3) is 0 Å². The molecule has 11 heteroatoms. The molecule has 1 fully saturated rings. The molecule has 2 atom stereocenters. The van der Waals surface area contributed by atoms with Gasteiger partial charge in [-0.15, -0.1) is 0 Å². The minimum absolute atomic E-state index is 0.207. The summed E-state index contributed by atoms with van der Waals surface area (Å²) < 4.78 is 28.2. The lowest BCUT2D eigenvalue weighted by molar-refractivity contribution is -0.126. The number of benzene rings is 1. The van der Waals surface area contributed by atoms with Crippen molar-refractivity contribution >= 4 is 27.7 Å². The number of H-pyrrole nitrogens is 1. The van der Waals surface area contributed by atoms with Crippen LogP contribution in [0, 0.1) is 5.92 Å². The second-order valence-corrected chi connectivity index (χ2v) is 10.5. The summed E-state index contributed by atoms with van der Waals surface area (Å²) in [5.74, 6) is -2.28. The first-order valence-corrected chi connectivity index (χ1v) is 12.6. The Morgan fingerprint density at radius 3 is 2.52 bits per heavy atom. The van der Waals surface area contributed by atoms with Crippen molar-refractivity contribution in [1.82, 2.24) is 19.4 Å². The van der Waals surface area contributed by atoms with Gasteiger partial charge in [-0.1, -0.05) is 30.3 Å². The van der Waals surface area contributed by atoms with E-state index in [-0.39, 0.29) is 18.0 Å². The molecule has 0 aliphatic carbocycles. The topological polar surface area (TPSA) is 133 Å². The summed E-state index contributed by atoms with van der Waals surface area (Å²) in [4.78, 5) is 29.0. The number of likely N-dealkylation sites (N-methyl/N-ethyl adjacent to an activating group) is 1. The van der Waals surface area contributed by atoms with Crippen molar-refractivity contribution in [3.8, 4) is 0 Å². The van der Waals surface area contributed by atoms with Crippen molar-refractivity contribution in [3.05, 3.63) is 48.2 Å². The highest BCUT2D eigenvalue weighted by atomic mass is 32.2. The first kappa shape index (κ1) is 24.9. The Hall–Kier alpha value is -2.76. The van der Waals surface area contributed by atoms with E-state index in [1.165, 1.54) is 22.3 Å². The lowest BCUT2D eigenvalue weighted by Gasteiger charge is -2.30. The number of nitrogens with two attached hydrogens (primary N) is 1. The molecule has 0 bridgehead atoms. The van der Waals surface area contributed by atoms with E-state index < -0.39 is 33.8 Å². The smallest absolute Gasteiger partial charge is 0.240 e. The zero-order valence-corrected chi connectivity index (χ0v) is 19.9. The minimum atomic E-state index is -3.73. The van der Waals surface area contributed by atoms with Gasteiger partial charge in [-0.3, -0.25) is 19.6 Å². The van der Waals surface area contributed by atoms with Crippen molar-refractivity contribution in [2.45, 2.75) is 25.8 Å². The number of anilines is 1. The number of carbonyl (C=O) groups excluding carboxylic acids is 2. The normalized spacial score (nSPS) is 17.8. The van der Waals surface area contributed by atoms with Crippen molar-refractivity contribution in [1.29, 1.82) is 0 Å². The van der Waals surface area contributed by atoms with Crippen LogP contribution in [0.2, 0.25) is 0 Å². The molecule has 1 aliphatic rings. The van der Waals surface area contributed by atoms with Crippen molar-refractivity contribution in [2.24, 2.45) is 11.7 Å². The Balaban J connectivity index is 1.92. The highest BCUT2D eigenvalue weighted by Crippen LogP contribution is 2.22. The predicted octanol–water partition coefficient (Wildman–Crippen LogP) is 0.443. The number of primary amides is 1. The van der Waals surface area contributed by atoms with Crippen LogP contribution in [0.15, 0.2) is 42.6 Å². The van der Waals surface area contributed by atoms with E-state index in [1.807, 2.05) is 37.4 Å². The molecule has 1 aliphatic heterocycles. The van der Waals surface area contributed by atoms with Crippen molar-refractivity contribution < 1.29 is 18.0 Å². The molecule has 3 rings (SSSR count). The highest BCUT2D eigenvalue weighted by molar-refractivity contribution is 7.89. The van der Waals surface area contributed by atoms with Gasteiger partial charge in [-0.25, -0.2) is 12.7 Å². The third kappa shape index (κ3) is 6.40. The molecule has 1 saturated heterocycles. The van der Waals surface area contributed by atoms with Crippen LogP contribution < -0.4 is 10.6 Å². The average molecular weight is 477 g/mol. The van der Waals surface area contributed by atoms with Gasteiger partial charge in [0.2, 0.25) is 21.8 Å². The van der Waals surface area contributed by atoms with E-state index >= 15 is 0 Å². The molecule has 1 aromatic heterocycles. The summed E-state index contributed by atoms with van der Waals surface area (Å²) in [6.45, 7) is 3.76. The molecule has 33 heavy (non-hydrogen) atoms. The van der Waals surface area contributed by atoms with E-state index in [0.29, 0.717) is 19.6 Å². The molecular weight excluding hydrogens is 444 g/mol. The second kappa shape index (κ2) is 10.9. The van der Waals surface area contributed by atoms with Crippen LogP contribution >= 0.6 is 0 Å². The summed E-state index contributed by atoms with van der Waals surface area (Å²) in [5, 5.41) is 6.68. The summed E-state index contributed by atoms with van der Waals surface area (Å²) in [5.41, 5.74) is 6.34. The third-order valence-electron chi connectivity index (χ3n) is 5.93. The maximum atomic E-state index is 13.7. The van der Waals surface area contributed by atoms with E-state index in [2.05, 4.69) is 15.1 Å². The minimum Gasteiger partial charge on any atom is -0.368 e. The van der Waals surface area contributed by atoms with Crippen LogP contribution in [-0.2, 0) is 26.0 Å². The van der Waals surface area contributed by atoms with E-state index in [1.54, 1.807) is 6.07 Å². The average Bonchev–Trinajstić information content (AvgIpc) is 3.20. The largest absolute Gasteiger partial charge is 0.368 e. The third-order valence-corrected chi connectivity index (χ3v) is 7.90. The maximum absolute atomic E-state index is 13.7. The number of nitrogens with zero attached hydrogens (tertiary/aromatic N) is 4. The van der Waals surface area contributed by atoms with E-state index in [9.17, 15) is 18.0 Å². The number of hydrogen-bond donors (Lipinski definition) is 2. The number of aromatic nitrogens is 2. The number of hydrogen-bond acceptors (Lipinski definition) is 6. The molecule has 1 aromatic carbocycles. The number of carbonyl (C=O) groups is 2. The fourth-order valence-corrected chi connectivity index (χ4v) is 5.74. The Bertz CT molecular complexity index is 1030. The molecule has 0 spiro atoms. The van der Waals surface area contributed by atoms with Gasteiger partial charge in [-0.2, -0.15) is 5.10 Å². The molecule has 2 amide bonds. The number of aromatic amines is 1. The number of sulfonamides is 1. The van der Waals surface area contributed by atoms with Gasteiger partial charge in [0.1, 0.15) is 6.04 Å². The molecule has 3 N–H and O–H groups in total. The predicted molar refractivity (Wildman–Crippen MR) is 126 cm³/mol. The number of nitrogens with one attached hydrogen (secondary N) is 1. The van der Waals surface area contributed by atoms with Gasteiger partial charge < -0.3 is 10.6 Å². The van der Waals surface area contributed by atoms with Gasteiger partial charge in [-0.05, 0) is 38.9 Å². The highest BCUT2D eigenvalue weighted by Gasteiger charge is 2.37. The lowest BCUT2D eigenvalue weighted by atomic mass is 9.99. The van der Waals surface area contributed by atoms with Crippen molar-refractivity contribution in [2.75, 3.05) is 43.9 Å². The van der Waals surface area contributed by atoms with Crippen LogP contribution in [0.4, 0.5) is 5.82 Å². The molecule has 2 heterocycles. The van der Waals surface area contributed by atoms with Gasteiger partial charge in [0.05, 0.1) is 11.7 Å². The number of rotatable bonds is 9. The molecular formula is C22H32N6O4S. The van der Waals surface area contributed by atoms with Crippen LogP contribution in [0.25, 0.3) is 0 Å². The van der Waals surface area contributed by atoms with Gasteiger partial charge in [0.15, 0.2) is 5.82 Å². The Kier molecular flexibility index (Phi) is 8.22. The fraction of sp³-hybridized carbons (Fsp3) is 0.500. The van der Waals surface area contributed by atoms with Crippen molar-refractivity contribution in [3.63, 3.8) is 0 Å². The van der Waals surface area contributed by atoms with Crippen LogP contribution in [0.3, 0.4) is 0 Å². The SMILES string of the molecule is CC(C(N)=O)N(C(=O)C(Cc1ccccc1)CS(=O)(=O)N1CCCN(C)CC1)c1cc[nH]n1. The van der Waals surface area contributed by atoms with Crippen LogP contribution in [-0.4, -0.2) is 84.7 Å². The molecule has 2 unspecified atom stereocenters. The standard InChI is InChI=1S/C22H32N6O4S/c1-17(21(23)29)28(20-9-10-24-25-20)22(30)19(15-18-7-4-3-5-8-18)16-33(31,32)27-12-6-11-26(2)13-14-27/h3-5,7-10,17,19H,6,11-16H2,1-2H3,(H2,23,29)(H,24,25). The number of amides is 2. The second-order valence-electron chi connectivity index (χ2n) is 8.44. The van der Waals surface area contributed by atoms with Gasteiger partial charge >= 0.3 is 0 Å². The Morgan fingerprint density at radius 1 is 1.15 bits per heavy atom. The first-order valence-electron chi connectivity index (χ1n) is 11.0. The monoisotopic (exact) mass is 476 g/mol. The Morgan fingerprint density at radius 2 is 1.88 bits per heavy atom. The lowest BCUT2D eigenvalue weighted by Crippen LogP contribution is -2.51. The fourth-order valence-electron chi connectivity index (χ4n) is 3.99. The van der Waals surface area contributed by atoms with Crippen LogP contribution in [0.5, 0.6) is 0 Å². The Labute approximate surface area is 194 Å². The molecule has 2 aromatic rings. The summed E-state index contributed by atoms with van der Waals surface area (Å²) in [7, 11) is -1.76. The summed E-state index contributed by atoms with van der Waals surface area (Å²) in [6.07, 6.45) is 2.46. The first-order chi connectivity index (χ1) is 15.7. The van der Waals surface area contributed by atoms with Gasteiger partial charge in [0, 0.05) is 31.9 Å². The summed E-state index contributed by atoms with van der Waals surface area (Å²) in [6, 6.07) is 9.80. The molecule has 0 saturated carbocycles. The molecule has 0 radical (unpaired) electrons. The maximum Gasteiger partial charge on any atom is 0.240 e. The zero-order valence-electron chi connectivity index (χ0n) is 19.1. The van der Waals surface area contributed by atoms with E-state index in [0.717, 1.165) is 18.5 Å². The molecule has 10 nitrogen and oxygen atoms in total.